The average molecular weight is 503 g/mol. The van der Waals surface area contributed by atoms with Crippen LogP contribution in [0.25, 0.3) is 0 Å². The van der Waals surface area contributed by atoms with Crippen LogP contribution in [0.1, 0.15) is 26.2 Å². The standard InChI is InChI=1S/C31H30F2P2/c1-23(34(26-9-4-2-5-10-26)27-11-6-3-7-12-27)30-13-8-14-31(30)35(28-19-15-24(32)16-20-28)29-21-17-25(33)18-22-29/h2-7,9-12,15-23,30-31H,8,13-14H2,1H3. The summed E-state index contributed by atoms with van der Waals surface area (Å²) in [5.41, 5.74) is 0.974. The van der Waals surface area contributed by atoms with Crippen LogP contribution in [0.2, 0.25) is 0 Å². The van der Waals surface area contributed by atoms with Crippen molar-refractivity contribution in [2.24, 2.45) is 5.92 Å². The van der Waals surface area contributed by atoms with E-state index in [0.717, 1.165) is 6.42 Å². The van der Waals surface area contributed by atoms with Crippen LogP contribution in [0.3, 0.4) is 0 Å². The maximum atomic E-state index is 13.8. The fraction of sp³-hybridized carbons (Fsp3) is 0.226. The van der Waals surface area contributed by atoms with Gasteiger partial charge in [0.2, 0.25) is 0 Å². The average Bonchev–Trinajstić information content (AvgIpc) is 3.37. The SMILES string of the molecule is CC(C1CCCC1P(c1ccc(F)cc1)c1ccc(F)cc1)P(c1ccccc1)c1ccccc1. The van der Waals surface area contributed by atoms with Crippen molar-refractivity contribution in [1.82, 2.24) is 0 Å². The molecular weight excluding hydrogens is 472 g/mol. The van der Waals surface area contributed by atoms with E-state index in [9.17, 15) is 8.78 Å². The molecule has 3 atom stereocenters. The largest absolute Gasteiger partial charge is 0.207 e. The van der Waals surface area contributed by atoms with Gasteiger partial charge in [0, 0.05) is 0 Å². The lowest BCUT2D eigenvalue weighted by molar-refractivity contribution is 0.548. The number of benzene rings is 4. The Hall–Kier alpha value is -2.40. The zero-order chi connectivity index (χ0) is 24.2. The van der Waals surface area contributed by atoms with Crippen molar-refractivity contribution < 1.29 is 8.78 Å². The molecule has 4 heteroatoms. The molecule has 1 saturated carbocycles. The second-order valence-electron chi connectivity index (χ2n) is 9.27. The predicted octanol–water partition coefficient (Wildman–Crippen LogP) is 7.09. The highest BCUT2D eigenvalue weighted by atomic mass is 31.1. The zero-order valence-electron chi connectivity index (χ0n) is 19.9. The van der Waals surface area contributed by atoms with E-state index in [1.54, 1.807) is 24.3 Å². The fourth-order valence-corrected chi connectivity index (χ4v) is 11.9. The van der Waals surface area contributed by atoms with Crippen LogP contribution >= 0.6 is 15.8 Å². The Morgan fingerprint density at radius 1 is 0.600 bits per heavy atom. The lowest BCUT2D eigenvalue weighted by Crippen LogP contribution is -2.33. The first-order valence-corrected chi connectivity index (χ1v) is 15.1. The van der Waals surface area contributed by atoms with Crippen LogP contribution < -0.4 is 21.2 Å². The number of rotatable bonds is 7. The Bertz CT molecular complexity index is 1130. The van der Waals surface area contributed by atoms with Crippen LogP contribution in [0, 0.1) is 17.6 Å². The highest BCUT2D eigenvalue weighted by Gasteiger charge is 2.41. The van der Waals surface area contributed by atoms with Gasteiger partial charge in [-0.15, -0.1) is 0 Å². The molecule has 0 heterocycles. The van der Waals surface area contributed by atoms with E-state index in [0.29, 0.717) is 17.2 Å². The molecule has 5 rings (SSSR count). The lowest BCUT2D eigenvalue weighted by Gasteiger charge is -2.37. The van der Waals surface area contributed by atoms with Crippen LogP contribution in [0.5, 0.6) is 0 Å². The van der Waals surface area contributed by atoms with E-state index in [4.69, 9.17) is 0 Å². The summed E-state index contributed by atoms with van der Waals surface area (Å²) in [6.07, 6.45) is 3.56. The minimum atomic E-state index is -0.734. The van der Waals surface area contributed by atoms with E-state index >= 15 is 0 Å². The van der Waals surface area contributed by atoms with Gasteiger partial charge in [0.25, 0.3) is 0 Å². The van der Waals surface area contributed by atoms with Gasteiger partial charge in [-0.1, -0.05) is 98.3 Å². The van der Waals surface area contributed by atoms with Gasteiger partial charge in [0.15, 0.2) is 0 Å². The van der Waals surface area contributed by atoms with E-state index in [2.05, 4.69) is 67.6 Å². The van der Waals surface area contributed by atoms with Crippen LogP contribution in [-0.4, -0.2) is 11.3 Å². The Kier molecular flexibility index (Phi) is 7.72. The first kappa shape index (κ1) is 24.3. The highest BCUT2D eigenvalue weighted by molar-refractivity contribution is 7.74. The second-order valence-corrected chi connectivity index (χ2v) is 14.3. The molecule has 4 aromatic rings. The third-order valence-corrected chi connectivity index (χ3v) is 13.1. The normalized spacial score (nSPS) is 18.8. The van der Waals surface area contributed by atoms with E-state index in [1.807, 2.05) is 24.3 Å². The summed E-state index contributed by atoms with van der Waals surface area (Å²) in [6, 6.07) is 36.0. The predicted molar refractivity (Wildman–Crippen MR) is 149 cm³/mol. The van der Waals surface area contributed by atoms with Crippen molar-refractivity contribution in [3.63, 3.8) is 0 Å². The fourth-order valence-electron chi connectivity index (χ4n) is 5.58. The second kappa shape index (κ2) is 11.1. The van der Waals surface area contributed by atoms with Gasteiger partial charge in [-0.3, -0.25) is 0 Å². The van der Waals surface area contributed by atoms with E-state index in [-0.39, 0.29) is 11.6 Å². The molecule has 0 radical (unpaired) electrons. The van der Waals surface area contributed by atoms with Crippen molar-refractivity contribution in [3.8, 4) is 0 Å². The molecule has 35 heavy (non-hydrogen) atoms. The van der Waals surface area contributed by atoms with Crippen molar-refractivity contribution in [3.05, 3.63) is 121 Å². The first-order chi connectivity index (χ1) is 17.1. The molecule has 0 amide bonds. The summed E-state index contributed by atoms with van der Waals surface area (Å²) in [7, 11) is -1.27. The van der Waals surface area contributed by atoms with Crippen LogP contribution in [0.4, 0.5) is 8.78 Å². The van der Waals surface area contributed by atoms with Gasteiger partial charge >= 0.3 is 0 Å². The van der Waals surface area contributed by atoms with Gasteiger partial charge in [-0.25, -0.2) is 8.78 Å². The topological polar surface area (TPSA) is 0 Å². The Balaban J connectivity index is 1.55. The van der Waals surface area contributed by atoms with E-state index < -0.39 is 15.8 Å². The van der Waals surface area contributed by atoms with Gasteiger partial charge in [-0.05, 0) is 91.4 Å². The smallest absolute Gasteiger partial charge is 0.123 e. The molecule has 0 aliphatic heterocycles. The molecule has 0 aromatic heterocycles. The molecule has 1 aliphatic rings. The molecule has 178 valence electrons. The Morgan fingerprint density at radius 3 is 1.51 bits per heavy atom. The van der Waals surface area contributed by atoms with Gasteiger partial charge in [0.1, 0.15) is 11.6 Å². The van der Waals surface area contributed by atoms with E-state index in [1.165, 1.54) is 34.1 Å². The molecule has 3 unspecified atom stereocenters. The summed E-state index contributed by atoms with van der Waals surface area (Å²) < 4.78 is 27.7. The molecular formula is C31H30F2P2. The quantitative estimate of drug-likeness (QED) is 0.237. The van der Waals surface area contributed by atoms with Crippen LogP contribution in [-0.2, 0) is 0 Å². The van der Waals surface area contributed by atoms with Gasteiger partial charge in [0.05, 0.1) is 0 Å². The molecule has 1 aliphatic carbocycles. The minimum absolute atomic E-state index is 0.212. The maximum absolute atomic E-state index is 13.8. The zero-order valence-corrected chi connectivity index (χ0v) is 21.7. The molecule has 0 N–H and O–H groups in total. The highest BCUT2D eigenvalue weighted by Crippen LogP contribution is 2.56. The monoisotopic (exact) mass is 502 g/mol. The van der Waals surface area contributed by atoms with Crippen molar-refractivity contribution in [2.75, 3.05) is 0 Å². The van der Waals surface area contributed by atoms with Gasteiger partial charge < -0.3 is 0 Å². The molecule has 0 spiro atoms. The maximum Gasteiger partial charge on any atom is 0.123 e. The summed E-state index contributed by atoms with van der Waals surface area (Å²) in [5.74, 6) is 0.120. The Morgan fingerprint density at radius 2 is 1.06 bits per heavy atom. The molecule has 4 aromatic carbocycles. The molecule has 0 saturated heterocycles. The third kappa shape index (κ3) is 5.40. The lowest BCUT2D eigenvalue weighted by atomic mass is 10.0. The summed E-state index contributed by atoms with van der Waals surface area (Å²) in [5, 5.41) is 5.20. The number of halogens is 2. The van der Waals surface area contributed by atoms with Crippen LogP contribution in [0.15, 0.2) is 109 Å². The summed E-state index contributed by atoms with van der Waals surface area (Å²) in [4.78, 5) is 0. The molecule has 0 nitrogen and oxygen atoms in total. The molecule has 1 fully saturated rings. The van der Waals surface area contributed by atoms with Crippen molar-refractivity contribution >= 4 is 37.1 Å². The first-order valence-electron chi connectivity index (χ1n) is 12.3. The molecule has 0 bridgehead atoms. The summed E-state index contributed by atoms with van der Waals surface area (Å²) in [6.45, 7) is 2.44. The Labute approximate surface area is 209 Å². The minimum Gasteiger partial charge on any atom is -0.207 e. The summed E-state index contributed by atoms with van der Waals surface area (Å²) >= 11 is 0. The van der Waals surface area contributed by atoms with Crippen molar-refractivity contribution in [1.29, 1.82) is 0 Å². The number of hydrogen-bond acceptors (Lipinski definition) is 0. The number of hydrogen-bond donors (Lipinski definition) is 0. The van der Waals surface area contributed by atoms with Gasteiger partial charge in [-0.2, -0.15) is 0 Å². The van der Waals surface area contributed by atoms with Crippen molar-refractivity contribution in [2.45, 2.75) is 37.5 Å². The third-order valence-electron chi connectivity index (χ3n) is 7.17.